The Bertz CT molecular complexity index is 386. The van der Waals surface area contributed by atoms with Crippen molar-refractivity contribution in [2.75, 3.05) is 0 Å². The van der Waals surface area contributed by atoms with Gasteiger partial charge in [-0.2, -0.15) is 0 Å². The molecule has 14 heavy (non-hydrogen) atoms. The van der Waals surface area contributed by atoms with Crippen molar-refractivity contribution in [3.8, 4) is 11.8 Å². The molecular weight excluding hydrogens is 174 g/mol. The van der Waals surface area contributed by atoms with Gasteiger partial charge in [0.25, 0.3) is 0 Å². The molecule has 0 radical (unpaired) electrons. The lowest BCUT2D eigenvalue weighted by atomic mass is 10.2. The van der Waals surface area contributed by atoms with Crippen LogP contribution in [0.3, 0.4) is 0 Å². The summed E-state index contributed by atoms with van der Waals surface area (Å²) in [4.78, 5) is 10.9. The number of carbonyl (C=O) groups excluding carboxylic acids is 1. The summed E-state index contributed by atoms with van der Waals surface area (Å²) in [6.45, 7) is 0. The van der Waals surface area contributed by atoms with Gasteiger partial charge in [-0.15, -0.1) is 0 Å². The van der Waals surface area contributed by atoms with E-state index in [0.717, 1.165) is 12.0 Å². The van der Waals surface area contributed by atoms with E-state index in [4.69, 9.17) is 0 Å². The first-order valence-corrected chi connectivity index (χ1v) is 4.70. The van der Waals surface area contributed by atoms with Gasteiger partial charge in [-0.3, -0.25) is 4.79 Å². The third-order valence-electron chi connectivity index (χ3n) is 2.16. The normalized spacial score (nSPS) is 19.7. The number of benzene rings is 1. The Balaban J connectivity index is 2.04. The predicted octanol–water partition coefficient (Wildman–Crippen LogP) is 1.32. The van der Waals surface area contributed by atoms with Crippen LogP contribution in [0.1, 0.15) is 18.4 Å². The molecule has 1 heterocycles. The van der Waals surface area contributed by atoms with Gasteiger partial charge in [0.15, 0.2) is 0 Å². The molecule has 0 aromatic heterocycles. The molecule has 1 atom stereocenters. The Labute approximate surface area is 83.3 Å². The molecule has 0 spiro atoms. The van der Waals surface area contributed by atoms with E-state index >= 15 is 0 Å². The smallest absolute Gasteiger partial charge is 0.221 e. The van der Waals surface area contributed by atoms with Crippen molar-refractivity contribution in [3.63, 3.8) is 0 Å². The van der Waals surface area contributed by atoms with Crippen LogP contribution in [-0.2, 0) is 4.79 Å². The van der Waals surface area contributed by atoms with Gasteiger partial charge in [-0.25, -0.2) is 0 Å². The summed E-state index contributed by atoms with van der Waals surface area (Å²) in [7, 11) is 0. The van der Waals surface area contributed by atoms with Gasteiger partial charge in [0.2, 0.25) is 5.91 Å². The zero-order valence-corrected chi connectivity index (χ0v) is 7.79. The number of rotatable bonds is 0. The van der Waals surface area contributed by atoms with Gasteiger partial charge in [0.05, 0.1) is 6.04 Å². The summed E-state index contributed by atoms with van der Waals surface area (Å²) in [5.41, 5.74) is 0.994. The fraction of sp³-hybridized carbons (Fsp3) is 0.250. The molecule has 2 nitrogen and oxygen atoms in total. The van der Waals surface area contributed by atoms with Gasteiger partial charge >= 0.3 is 0 Å². The highest BCUT2D eigenvalue weighted by Crippen LogP contribution is 2.05. The topological polar surface area (TPSA) is 29.1 Å². The fourth-order valence-electron chi connectivity index (χ4n) is 1.41. The number of hydrogen-bond donors (Lipinski definition) is 1. The summed E-state index contributed by atoms with van der Waals surface area (Å²) < 4.78 is 0. The molecule has 1 aliphatic rings. The van der Waals surface area contributed by atoms with Crippen LogP contribution >= 0.6 is 0 Å². The zero-order chi connectivity index (χ0) is 9.80. The molecule has 70 valence electrons. The number of hydrogen-bond acceptors (Lipinski definition) is 1. The molecule has 2 heteroatoms. The maximum atomic E-state index is 10.9. The maximum absolute atomic E-state index is 10.9. The van der Waals surface area contributed by atoms with E-state index < -0.39 is 0 Å². The monoisotopic (exact) mass is 185 g/mol. The first-order valence-electron chi connectivity index (χ1n) is 4.70. The van der Waals surface area contributed by atoms with Crippen molar-refractivity contribution in [3.05, 3.63) is 35.9 Å². The van der Waals surface area contributed by atoms with Crippen LogP contribution in [0.25, 0.3) is 0 Å². The average molecular weight is 185 g/mol. The van der Waals surface area contributed by atoms with E-state index in [1.165, 1.54) is 0 Å². The lowest BCUT2D eigenvalue weighted by molar-refractivity contribution is -0.119. The maximum Gasteiger partial charge on any atom is 0.221 e. The van der Waals surface area contributed by atoms with Crippen molar-refractivity contribution in [2.45, 2.75) is 18.9 Å². The van der Waals surface area contributed by atoms with Crippen molar-refractivity contribution in [1.82, 2.24) is 5.32 Å². The number of carbonyl (C=O) groups is 1. The molecule has 0 bridgehead atoms. The number of amides is 1. The summed E-state index contributed by atoms with van der Waals surface area (Å²) >= 11 is 0. The minimum Gasteiger partial charge on any atom is -0.342 e. The Hall–Kier alpha value is -1.75. The third kappa shape index (κ3) is 2.14. The summed E-state index contributed by atoms with van der Waals surface area (Å²) in [6, 6.07) is 9.84. The van der Waals surface area contributed by atoms with Gasteiger partial charge in [-0.05, 0) is 18.6 Å². The quantitative estimate of drug-likeness (QED) is 0.607. The highest BCUT2D eigenvalue weighted by atomic mass is 16.1. The second-order valence-electron chi connectivity index (χ2n) is 3.29. The van der Waals surface area contributed by atoms with Crippen molar-refractivity contribution < 1.29 is 4.79 Å². The molecule has 1 aromatic carbocycles. The predicted molar refractivity (Wildman–Crippen MR) is 54.5 cm³/mol. The SMILES string of the molecule is O=C1CC[C@@H](C#Cc2ccccc2)N1. The molecule has 1 fully saturated rings. The van der Waals surface area contributed by atoms with Gasteiger partial charge in [0.1, 0.15) is 0 Å². The van der Waals surface area contributed by atoms with E-state index in [2.05, 4.69) is 17.2 Å². The number of nitrogens with one attached hydrogen (secondary N) is 1. The third-order valence-corrected chi connectivity index (χ3v) is 2.16. The van der Waals surface area contributed by atoms with Gasteiger partial charge in [0, 0.05) is 12.0 Å². The molecule has 1 amide bonds. The fourth-order valence-corrected chi connectivity index (χ4v) is 1.41. The molecule has 0 aliphatic carbocycles. The summed E-state index contributed by atoms with van der Waals surface area (Å²) in [5.74, 6) is 6.20. The minimum absolute atomic E-state index is 0.0442. The standard InChI is InChI=1S/C12H11NO/c14-12-9-8-11(13-12)7-6-10-4-2-1-3-5-10/h1-5,11H,8-9H2,(H,13,14)/t11-/m1/s1. The minimum atomic E-state index is 0.0442. The van der Waals surface area contributed by atoms with Crippen LogP contribution in [0.5, 0.6) is 0 Å². The van der Waals surface area contributed by atoms with Gasteiger partial charge < -0.3 is 5.32 Å². The van der Waals surface area contributed by atoms with E-state index in [0.29, 0.717) is 6.42 Å². The van der Waals surface area contributed by atoms with E-state index in [-0.39, 0.29) is 11.9 Å². The van der Waals surface area contributed by atoms with Crippen LogP contribution < -0.4 is 5.32 Å². The summed E-state index contributed by atoms with van der Waals surface area (Å²) in [6.07, 6.45) is 1.44. The second kappa shape index (κ2) is 3.97. The van der Waals surface area contributed by atoms with Crippen LogP contribution in [0.4, 0.5) is 0 Å². The highest BCUT2D eigenvalue weighted by Gasteiger charge is 2.17. The Morgan fingerprint density at radius 1 is 1.29 bits per heavy atom. The lowest BCUT2D eigenvalue weighted by Crippen LogP contribution is -2.23. The average Bonchev–Trinajstić information content (AvgIpc) is 2.63. The lowest BCUT2D eigenvalue weighted by Gasteiger charge is -1.97. The molecule has 0 saturated carbocycles. The second-order valence-corrected chi connectivity index (χ2v) is 3.29. The van der Waals surface area contributed by atoms with Crippen molar-refractivity contribution in [2.24, 2.45) is 0 Å². The highest BCUT2D eigenvalue weighted by molar-refractivity contribution is 5.79. The summed E-state index contributed by atoms with van der Waals surface area (Å²) in [5, 5.41) is 2.81. The molecule has 1 aliphatic heterocycles. The molecule has 1 aromatic rings. The Morgan fingerprint density at radius 3 is 2.71 bits per heavy atom. The first kappa shape index (κ1) is 8.83. The zero-order valence-electron chi connectivity index (χ0n) is 7.79. The molecule has 1 N–H and O–H groups in total. The van der Waals surface area contributed by atoms with Crippen molar-refractivity contribution >= 4 is 5.91 Å². The van der Waals surface area contributed by atoms with Crippen molar-refractivity contribution in [1.29, 1.82) is 0 Å². The first-order chi connectivity index (χ1) is 6.84. The van der Waals surface area contributed by atoms with E-state index in [1.807, 2.05) is 30.3 Å². The van der Waals surface area contributed by atoms with Crippen LogP contribution in [0, 0.1) is 11.8 Å². The van der Waals surface area contributed by atoms with Gasteiger partial charge in [-0.1, -0.05) is 30.0 Å². The Kier molecular flexibility index (Phi) is 2.51. The van der Waals surface area contributed by atoms with Crippen LogP contribution in [0.2, 0.25) is 0 Å². The van der Waals surface area contributed by atoms with Crippen LogP contribution in [0.15, 0.2) is 30.3 Å². The molecule has 0 unspecified atom stereocenters. The largest absolute Gasteiger partial charge is 0.342 e. The molecule has 1 saturated heterocycles. The van der Waals surface area contributed by atoms with Crippen LogP contribution in [-0.4, -0.2) is 11.9 Å². The van der Waals surface area contributed by atoms with E-state index in [9.17, 15) is 4.79 Å². The Morgan fingerprint density at radius 2 is 2.07 bits per heavy atom. The molecule has 2 rings (SSSR count). The van der Waals surface area contributed by atoms with E-state index in [1.54, 1.807) is 0 Å². The molecular formula is C12H11NO.